The van der Waals surface area contributed by atoms with Gasteiger partial charge in [0.25, 0.3) is 0 Å². The van der Waals surface area contributed by atoms with Gasteiger partial charge in [0.2, 0.25) is 0 Å². The van der Waals surface area contributed by atoms with Crippen LogP contribution in [0.4, 0.5) is 0 Å². The molecule has 0 aliphatic heterocycles. The normalized spacial score (nSPS) is 11.1. The van der Waals surface area contributed by atoms with Crippen LogP contribution in [0.2, 0.25) is 5.15 Å². The Labute approximate surface area is 197 Å². The highest BCUT2D eigenvalue weighted by atomic mass is 35.5. The minimum atomic E-state index is -0.344. The molecule has 5 nitrogen and oxygen atoms in total. The number of halogens is 1. The quantitative estimate of drug-likeness (QED) is 0.190. The predicted octanol–water partition coefficient (Wildman–Crippen LogP) is 6.59. The van der Waals surface area contributed by atoms with Crippen LogP contribution in [0.3, 0.4) is 0 Å². The van der Waals surface area contributed by atoms with Gasteiger partial charge in [0.05, 0.1) is 18.2 Å². The van der Waals surface area contributed by atoms with Gasteiger partial charge in [-0.05, 0) is 29.2 Å². The summed E-state index contributed by atoms with van der Waals surface area (Å²) in [5.74, 6) is 0.659. The topological polar surface area (TPSA) is 59.9 Å². The number of aromatic nitrogens is 3. The number of hydrogen-bond acceptors (Lipinski definition) is 4. The van der Waals surface area contributed by atoms with Gasteiger partial charge in [0, 0.05) is 19.0 Å². The summed E-state index contributed by atoms with van der Waals surface area (Å²) in [5, 5.41) is 0.489. The number of H-pyrrole nitrogens is 1. The highest BCUT2D eigenvalue weighted by Gasteiger charge is 2.15. The number of ether oxygens (including phenoxy) is 1. The zero-order chi connectivity index (χ0) is 22.7. The lowest BCUT2D eigenvalue weighted by molar-refractivity contribution is 0.0601. The zero-order valence-corrected chi connectivity index (χ0v) is 19.6. The Kier molecular flexibility index (Phi) is 6.72. The van der Waals surface area contributed by atoms with Crippen LogP contribution in [0.15, 0.2) is 54.6 Å². The second kappa shape index (κ2) is 9.67. The molecule has 0 saturated carbocycles. The maximum absolute atomic E-state index is 12.1. The van der Waals surface area contributed by atoms with Crippen LogP contribution in [-0.2, 0) is 17.7 Å². The average molecular weight is 466 g/mol. The monoisotopic (exact) mass is 465 g/mol. The number of unbranched alkanes of at least 4 members (excludes halogenated alkanes) is 1. The van der Waals surface area contributed by atoms with Crippen molar-refractivity contribution in [3.8, 4) is 11.1 Å². The van der Waals surface area contributed by atoms with Crippen LogP contribution >= 0.6 is 23.8 Å². The van der Waals surface area contributed by atoms with Crippen LogP contribution < -0.4 is 0 Å². The first kappa shape index (κ1) is 22.2. The Morgan fingerprint density at radius 3 is 2.66 bits per heavy atom. The van der Waals surface area contributed by atoms with Crippen LogP contribution in [0.1, 0.15) is 41.5 Å². The number of imidazole rings is 1. The van der Waals surface area contributed by atoms with Gasteiger partial charge < -0.3 is 14.3 Å². The van der Waals surface area contributed by atoms with E-state index in [4.69, 9.17) is 33.5 Å². The standard InChI is InChI=1S/C25H24ClN3O2S/c1-3-4-9-22-27-20-14-21(26)28-24(32)23(20)29(22)15-16-10-12-17(13-11-16)18-7-5-6-8-19(18)25(30)31-2/h5-8,10-14H,3-4,9,15H2,1-2H3,(H,28,32). The second-order valence-electron chi connectivity index (χ2n) is 7.63. The highest BCUT2D eigenvalue weighted by Crippen LogP contribution is 2.26. The number of nitrogens with zero attached hydrogens (tertiary/aromatic N) is 2. The maximum atomic E-state index is 12.1. The summed E-state index contributed by atoms with van der Waals surface area (Å²) in [6, 6.07) is 17.5. The van der Waals surface area contributed by atoms with E-state index in [1.54, 1.807) is 6.07 Å². The molecule has 0 radical (unpaired) electrons. The number of pyridine rings is 1. The molecule has 0 amide bonds. The number of benzene rings is 2. The van der Waals surface area contributed by atoms with Crippen LogP contribution in [0.25, 0.3) is 22.2 Å². The molecular formula is C25H24ClN3O2S. The summed E-state index contributed by atoms with van der Waals surface area (Å²) < 4.78 is 7.69. The largest absolute Gasteiger partial charge is 0.465 e. The van der Waals surface area contributed by atoms with Gasteiger partial charge in [0.15, 0.2) is 0 Å². The molecule has 7 heteroatoms. The van der Waals surface area contributed by atoms with Crippen molar-refractivity contribution < 1.29 is 9.53 Å². The molecule has 32 heavy (non-hydrogen) atoms. The van der Waals surface area contributed by atoms with Crippen molar-refractivity contribution in [1.82, 2.24) is 14.5 Å². The molecule has 0 fully saturated rings. The smallest absolute Gasteiger partial charge is 0.338 e. The van der Waals surface area contributed by atoms with E-state index in [1.807, 2.05) is 36.4 Å². The van der Waals surface area contributed by atoms with Crippen molar-refractivity contribution in [2.75, 3.05) is 7.11 Å². The van der Waals surface area contributed by atoms with E-state index in [0.717, 1.165) is 52.8 Å². The molecule has 164 valence electrons. The fourth-order valence-corrected chi connectivity index (χ4v) is 4.45. The van der Waals surface area contributed by atoms with Gasteiger partial charge in [-0.25, -0.2) is 9.78 Å². The number of carbonyl (C=O) groups excluding carboxylic acids is 1. The Balaban J connectivity index is 1.70. The summed E-state index contributed by atoms with van der Waals surface area (Å²) in [6.07, 6.45) is 3.02. The molecule has 0 unspecified atom stereocenters. The van der Waals surface area contributed by atoms with E-state index in [-0.39, 0.29) is 5.97 Å². The van der Waals surface area contributed by atoms with Gasteiger partial charge >= 0.3 is 5.97 Å². The van der Waals surface area contributed by atoms with E-state index in [2.05, 4.69) is 28.6 Å². The number of carbonyl (C=O) groups is 1. The van der Waals surface area contributed by atoms with Crippen LogP contribution in [0, 0.1) is 4.64 Å². The molecule has 2 aromatic heterocycles. The zero-order valence-electron chi connectivity index (χ0n) is 18.0. The molecular weight excluding hydrogens is 442 g/mol. The number of fused-ring (bicyclic) bond motifs is 1. The fourth-order valence-electron chi connectivity index (χ4n) is 3.87. The minimum absolute atomic E-state index is 0.344. The van der Waals surface area contributed by atoms with Gasteiger partial charge in [-0.2, -0.15) is 0 Å². The lowest BCUT2D eigenvalue weighted by atomic mass is 9.98. The number of rotatable bonds is 7. The molecule has 2 heterocycles. The van der Waals surface area contributed by atoms with Crippen molar-refractivity contribution in [3.05, 3.63) is 81.3 Å². The molecule has 1 N–H and O–H groups in total. The molecule has 0 saturated heterocycles. The number of hydrogen-bond donors (Lipinski definition) is 1. The Morgan fingerprint density at radius 2 is 1.94 bits per heavy atom. The molecule has 0 atom stereocenters. The predicted molar refractivity (Wildman–Crippen MR) is 131 cm³/mol. The minimum Gasteiger partial charge on any atom is -0.465 e. The number of nitrogens with one attached hydrogen (secondary N) is 1. The number of aryl methyl sites for hydroxylation is 1. The molecule has 0 aliphatic rings. The SMILES string of the molecule is CCCCc1nc2cc(Cl)[nH]c(=S)c2n1Cc1ccc(-c2ccccc2C(=O)OC)cc1. The second-order valence-corrected chi connectivity index (χ2v) is 8.45. The van der Waals surface area contributed by atoms with Crippen LogP contribution in [-0.4, -0.2) is 27.6 Å². The molecule has 0 aliphatic carbocycles. The Morgan fingerprint density at radius 1 is 1.19 bits per heavy atom. The summed E-state index contributed by atoms with van der Waals surface area (Å²) >= 11 is 11.7. The lowest BCUT2D eigenvalue weighted by Crippen LogP contribution is -2.06. The third kappa shape index (κ3) is 4.47. The molecule has 4 aromatic rings. The van der Waals surface area contributed by atoms with Gasteiger partial charge in [-0.1, -0.05) is 79.6 Å². The lowest BCUT2D eigenvalue weighted by Gasteiger charge is -2.11. The summed E-state index contributed by atoms with van der Waals surface area (Å²) in [4.78, 5) is 20.0. The number of aromatic amines is 1. The van der Waals surface area contributed by atoms with Crippen LogP contribution in [0.5, 0.6) is 0 Å². The van der Waals surface area contributed by atoms with Crippen molar-refractivity contribution >= 4 is 40.8 Å². The van der Waals surface area contributed by atoms with Crippen molar-refractivity contribution in [3.63, 3.8) is 0 Å². The van der Waals surface area contributed by atoms with Crippen molar-refractivity contribution in [2.24, 2.45) is 0 Å². The van der Waals surface area contributed by atoms with E-state index < -0.39 is 0 Å². The summed E-state index contributed by atoms with van der Waals surface area (Å²) in [5.41, 5.74) is 5.18. The molecule has 2 aromatic carbocycles. The van der Waals surface area contributed by atoms with Crippen molar-refractivity contribution in [1.29, 1.82) is 0 Å². The highest BCUT2D eigenvalue weighted by molar-refractivity contribution is 7.71. The first-order valence-corrected chi connectivity index (χ1v) is 11.3. The Hall–Kier alpha value is -2.96. The maximum Gasteiger partial charge on any atom is 0.338 e. The average Bonchev–Trinajstić information content (AvgIpc) is 3.14. The number of esters is 1. The summed E-state index contributed by atoms with van der Waals surface area (Å²) in [7, 11) is 1.39. The molecule has 4 rings (SSSR count). The Bertz CT molecular complexity index is 1330. The van der Waals surface area contributed by atoms with Gasteiger partial charge in [-0.15, -0.1) is 0 Å². The van der Waals surface area contributed by atoms with Gasteiger partial charge in [-0.3, -0.25) is 0 Å². The molecule has 0 spiro atoms. The van der Waals surface area contributed by atoms with Gasteiger partial charge in [0.1, 0.15) is 21.1 Å². The fraction of sp³-hybridized carbons (Fsp3) is 0.240. The molecule has 0 bridgehead atoms. The third-order valence-electron chi connectivity index (χ3n) is 5.48. The summed E-state index contributed by atoms with van der Waals surface area (Å²) in [6.45, 7) is 2.81. The van der Waals surface area contributed by atoms with E-state index in [9.17, 15) is 4.79 Å². The van der Waals surface area contributed by atoms with E-state index in [1.165, 1.54) is 7.11 Å². The first-order valence-electron chi connectivity index (χ1n) is 10.6. The van der Waals surface area contributed by atoms with E-state index in [0.29, 0.717) is 21.9 Å². The van der Waals surface area contributed by atoms with Crippen molar-refractivity contribution in [2.45, 2.75) is 32.7 Å². The van der Waals surface area contributed by atoms with E-state index >= 15 is 0 Å². The third-order valence-corrected chi connectivity index (χ3v) is 5.98. The first-order chi connectivity index (χ1) is 15.5. The number of methoxy groups -OCH3 is 1.